The molecule has 106 valence electrons. The SMILES string of the molecule is C/C(=C\C=C\c1ccccc1)C(=O)CC(=O)SCCN. The van der Waals surface area contributed by atoms with Crippen LogP contribution in [-0.4, -0.2) is 23.2 Å². The molecule has 1 aromatic carbocycles. The van der Waals surface area contributed by atoms with Gasteiger partial charge >= 0.3 is 0 Å². The van der Waals surface area contributed by atoms with E-state index < -0.39 is 0 Å². The number of benzene rings is 1. The maximum atomic E-state index is 11.8. The van der Waals surface area contributed by atoms with Crippen molar-refractivity contribution in [2.24, 2.45) is 5.73 Å². The fourth-order valence-corrected chi connectivity index (χ4v) is 2.03. The Morgan fingerprint density at radius 2 is 1.95 bits per heavy atom. The van der Waals surface area contributed by atoms with Crippen molar-refractivity contribution in [1.82, 2.24) is 0 Å². The van der Waals surface area contributed by atoms with Gasteiger partial charge in [0.15, 0.2) is 10.9 Å². The molecule has 4 heteroatoms. The second-order valence-corrected chi connectivity index (χ2v) is 5.38. The van der Waals surface area contributed by atoms with Crippen LogP contribution in [-0.2, 0) is 9.59 Å². The van der Waals surface area contributed by atoms with Gasteiger partial charge in [-0.1, -0.05) is 60.3 Å². The molecular formula is C16H19NO2S. The third kappa shape index (κ3) is 6.50. The lowest BCUT2D eigenvalue weighted by Gasteiger charge is -1.99. The van der Waals surface area contributed by atoms with E-state index in [1.54, 1.807) is 13.0 Å². The zero-order chi connectivity index (χ0) is 14.8. The lowest BCUT2D eigenvalue weighted by molar-refractivity contribution is -0.120. The van der Waals surface area contributed by atoms with Crippen LogP contribution < -0.4 is 5.73 Å². The second-order valence-electron chi connectivity index (χ2n) is 4.23. The highest BCUT2D eigenvalue weighted by atomic mass is 32.2. The molecule has 0 fully saturated rings. The van der Waals surface area contributed by atoms with Crippen molar-refractivity contribution in [2.75, 3.05) is 12.3 Å². The molecule has 0 aliphatic heterocycles. The van der Waals surface area contributed by atoms with E-state index in [9.17, 15) is 9.59 Å². The lowest BCUT2D eigenvalue weighted by Crippen LogP contribution is -2.09. The molecule has 0 heterocycles. The summed E-state index contributed by atoms with van der Waals surface area (Å²) in [6.07, 6.45) is 5.41. The van der Waals surface area contributed by atoms with Crippen molar-refractivity contribution >= 4 is 28.7 Å². The Bertz CT molecular complexity index is 506. The number of Topliss-reactive ketones (excluding diaryl/α,β-unsaturated/α-hetero) is 1. The normalized spacial score (nSPS) is 11.8. The highest BCUT2D eigenvalue weighted by Crippen LogP contribution is 2.09. The van der Waals surface area contributed by atoms with Crippen LogP contribution in [0.15, 0.2) is 48.1 Å². The molecule has 0 atom stereocenters. The average molecular weight is 289 g/mol. The fourth-order valence-electron chi connectivity index (χ4n) is 1.45. The van der Waals surface area contributed by atoms with E-state index in [2.05, 4.69) is 0 Å². The summed E-state index contributed by atoms with van der Waals surface area (Å²) in [7, 11) is 0. The van der Waals surface area contributed by atoms with E-state index in [0.29, 0.717) is 17.9 Å². The summed E-state index contributed by atoms with van der Waals surface area (Å²) < 4.78 is 0. The zero-order valence-corrected chi connectivity index (χ0v) is 12.4. The minimum atomic E-state index is -0.141. The van der Waals surface area contributed by atoms with E-state index in [0.717, 1.165) is 17.3 Å². The Labute approximate surface area is 123 Å². The molecule has 0 bridgehead atoms. The molecule has 0 unspecified atom stereocenters. The number of carbonyl (C=O) groups is 2. The summed E-state index contributed by atoms with van der Waals surface area (Å²) in [6, 6.07) is 9.82. The van der Waals surface area contributed by atoms with Crippen LogP contribution in [0.4, 0.5) is 0 Å². The molecule has 0 aliphatic rings. The first kappa shape index (κ1) is 16.4. The Morgan fingerprint density at radius 3 is 2.60 bits per heavy atom. The summed E-state index contributed by atoms with van der Waals surface area (Å²) >= 11 is 1.11. The molecule has 0 saturated heterocycles. The van der Waals surface area contributed by atoms with Gasteiger partial charge < -0.3 is 5.73 Å². The number of rotatable bonds is 7. The number of ketones is 1. The van der Waals surface area contributed by atoms with Gasteiger partial charge in [-0.05, 0) is 18.1 Å². The maximum Gasteiger partial charge on any atom is 0.196 e. The van der Waals surface area contributed by atoms with Gasteiger partial charge in [0.25, 0.3) is 0 Å². The van der Waals surface area contributed by atoms with Crippen LogP contribution in [0.1, 0.15) is 18.9 Å². The van der Waals surface area contributed by atoms with Crippen LogP contribution in [0, 0.1) is 0 Å². The molecule has 0 spiro atoms. The summed E-state index contributed by atoms with van der Waals surface area (Å²) in [4.78, 5) is 23.2. The smallest absolute Gasteiger partial charge is 0.196 e. The maximum absolute atomic E-state index is 11.8. The van der Waals surface area contributed by atoms with E-state index >= 15 is 0 Å². The number of hydrogen-bond acceptors (Lipinski definition) is 4. The summed E-state index contributed by atoms with van der Waals surface area (Å²) in [6.45, 7) is 2.16. The van der Waals surface area contributed by atoms with Crippen molar-refractivity contribution in [3.8, 4) is 0 Å². The second kappa shape index (κ2) is 9.28. The number of nitrogens with two attached hydrogens (primary N) is 1. The molecule has 0 aromatic heterocycles. The van der Waals surface area contributed by atoms with Crippen molar-refractivity contribution in [3.05, 3.63) is 53.6 Å². The number of carbonyl (C=O) groups excluding carboxylic acids is 2. The number of allylic oxidation sites excluding steroid dienone is 3. The first-order chi connectivity index (χ1) is 9.63. The van der Waals surface area contributed by atoms with Crippen LogP contribution >= 0.6 is 11.8 Å². The van der Waals surface area contributed by atoms with Gasteiger partial charge in [0.2, 0.25) is 0 Å². The molecule has 2 N–H and O–H groups in total. The molecular weight excluding hydrogens is 270 g/mol. The van der Waals surface area contributed by atoms with Crippen LogP contribution in [0.5, 0.6) is 0 Å². The largest absolute Gasteiger partial charge is 0.330 e. The summed E-state index contributed by atoms with van der Waals surface area (Å²) in [5.74, 6) is 0.417. The summed E-state index contributed by atoms with van der Waals surface area (Å²) in [5, 5.41) is -0.125. The standard InChI is InChI=1S/C16H19NO2S/c1-13(15(18)12-16(19)20-11-10-17)6-5-9-14-7-3-2-4-8-14/h2-9H,10-12,17H2,1H3/b9-5+,13-6+. The Balaban J connectivity index is 2.50. The first-order valence-corrected chi connectivity index (χ1v) is 7.41. The molecule has 0 aliphatic carbocycles. The van der Waals surface area contributed by atoms with Gasteiger partial charge in [-0.3, -0.25) is 9.59 Å². The number of hydrogen-bond donors (Lipinski definition) is 1. The minimum Gasteiger partial charge on any atom is -0.330 e. The molecule has 0 saturated carbocycles. The molecule has 1 aromatic rings. The lowest BCUT2D eigenvalue weighted by atomic mass is 10.1. The van der Waals surface area contributed by atoms with E-state index in [1.807, 2.05) is 42.5 Å². The van der Waals surface area contributed by atoms with Gasteiger partial charge in [-0.15, -0.1) is 0 Å². The van der Waals surface area contributed by atoms with E-state index in [4.69, 9.17) is 5.73 Å². The van der Waals surface area contributed by atoms with Gasteiger partial charge in [-0.25, -0.2) is 0 Å². The molecule has 20 heavy (non-hydrogen) atoms. The van der Waals surface area contributed by atoms with E-state index in [-0.39, 0.29) is 17.3 Å². The van der Waals surface area contributed by atoms with Crippen LogP contribution in [0.25, 0.3) is 6.08 Å². The Morgan fingerprint density at radius 1 is 1.25 bits per heavy atom. The predicted octanol–water partition coefficient (Wildman–Crippen LogP) is 2.82. The van der Waals surface area contributed by atoms with Crippen molar-refractivity contribution in [2.45, 2.75) is 13.3 Å². The van der Waals surface area contributed by atoms with Gasteiger partial charge in [-0.2, -0.15) is 0 Å². The topological polar surface area (TPSA) is 60.2 Å². The Hall–Kier alpha value is -1.65. The van der Waals surface area contributed by atoms with Gasteiger partial charge in [0.05, 0.1) is 6.42 Å². The van der Waals surface area contributed by atoms with Crippen LogP contribution in [0.3, 0.4) is 0 Å². The molecule has 0 amide bonds. The van der Waals surface area contributed by atoms with Crippen molar-refractivity contribution < 1.29 is 9.59 Å². The highest BCUT2D eigenvalue weighted by Gasteiger charge is 2.10. The molecule has 3 nitrogen and oxygen atoms in total. The Kier molecular flexibility index (Phi) is 7.62. The van der Waals surface area contributed by atoms with Crippen LogP contribution in [0.2, 0.25) is 0 Å². The van der Waals surface area contributed by atoms with Crippen molar-refractivity contribution in [3.63, 3.8) is 0 Å². The zero-order valence-electron chi connectivity index (χ0n) is 11.5. The first-order valence-electron chi connectivity index (χ1n) is 6.42. The third-order valence-corrected chi connectivity index (χ3v) is 3.47. The minimum absolute atomic E-state index is 0.0633. The average Bonchev–Trinajstić information content (AvgIpc) is 2.46. The quantitative estimate of drug-likeness (QED) is 0.476. The predicted molar refractivity (Wildman–Crippen MR) is 85.4 cm³/mol. The molecule has 0 radical (unpaired) electrons. The summed E-state index contributed by atoms with van der Waals surface area (Å²) in [5.41, 5.74) is 6.96. The van der Waals surface area contributed by atoms with Gasteiger partial charge in [0, 0.05) is 12.3 Å². The number of thioether (sulfide) groups is 1. The van der Waals surface area contributed by atoms with Gasteiger partial charge in [0.1, 0.15) is 0 Å². The van der Waals surface area contributed by atoms with Crippen molar-refractivity contribution in [1.29, 1.82) is 0 Å². The monoisotopic (exact) mass is 289 g/mol. The third-order valence-electron chi connectivity index (χ3n) is 2.56. The van der Waals surface area contributed by atoms with E-state index in [1.165, 1.54) is 0 Å². The highest BCUT2D eigenvalue weighted by molar-refractivity contribution is 8.13. The molecule has 1 rings (SSSR count). The fraction of sp³-hybridized carbons (Fsp3) is 0.250.